The Morgan fingerprint density at radius 2 is 2.22 bits per heavy atom. The molecule has 0 fully saturated rings. The van der Waals surface area contributed by atoms with Crippen LogP contribution in [0, 0.1) is 0 Å². The molecule has 0 radical (unpaired) electrons. The van der Waals surface area contributed by atoms with Crippen LogP contribution in [-0.2, 0) is 0 Å². The Morgan fingerprint density at radius 1 is 1.50 bits per heavy atom. The van der Waals surface area contributed by atoms with Crippen molar-refractivity contribution in [1.82, 2.24) is 9.97 Å². The molecular weight excluding hydrogens is 232 g/mol. The maximum absolute atomic E-state index is 11.5. The fourth-order valence-corrected chi connectivity index (χ4v) is 1.60. The van der Waals surface area contributed by atoms with Crippen molar-refractivity contribution < 1.29 is 5.11 Å². The summed E-state index contributed by atoms with van der Waals surface area (Å²) in [4.78, 5) is 18.1. The molecule has 6 nitrogen and oxygen atoms in total. The van der Waals surface area contributed by atoms with E-state index in [0.717, 1.165) is 0 Å². The third kappa shape index (κ3) is 2.60. The van der Waals surface area contributed by atoms with E-state index in [-0.39, 0.29) is 5.56 Å². The average molecular weight is 248 g/mol. The minimum Gasteiger partial charge on any atom is -0.397 e. The normalized spacial score (nSPS) is 11.7. The summed E-state index contributed by atoms with van der Waals surface area (Å²) in [6.07, 6.45) is 1.35. The van der Waals surface area contributed by atoms with Crippen molar-refractivity contribution in [3.05, 3.63) is 28.8 Å². The second-order valence-corrected chi connectivity index (χ2v) is 4.85. The van der Waals surface area contributed by atoms with Crippen molar-refractivity contribution in [2.45, 2.75) is 19.4 Å². The molecule has 0 spiro atoms. The molecule has 18 heavy (non-hydrogen) atoms. The molecule has 0 aliphatic carbocycles. The zero-order valence-corrected chi connectivity index (χ0v) is 10.3. The largest absolute Gasteiger partial charge is 0.397 e. The Kier molecular flexibility index (Phi) is 2.96. The van der Waals surface area contributed by atoms with Gasteiger partial charge in [0.2, 0.25) is 0 Å². The predicted molar refractivity (Wildman–Crippen MR) is 71.6 cm³/mol. The summed E-state index contributed by atoms with van der Waals surface area (Å²) in [5.41, 5.74) is 6.46. The number of aromatic amines is 1. The maximum atomic E-state index is 11.5. The number of anilines is 2. The summed E-state index contributed by atoms with van der Waals surface area (Å²) in [6.45, 7) is 3.74. The number of fused-ring (bicyclic) bond motifs is 1. The first-order valence-electron chi connectivity index (χ1n) is 5.60. The quantitative estimate of drug-likeness (QED) is 0.598. The molecule has 2 rings (SSSR count). The molecule has 0 aliphatic heterocycles. The highest BCUT2D eigenvalue weighted by Gasteiger charge is 2.13. The van der Waals surface area contributed by atoms with Crippen molar-refractivity contribution >= 4 is 22.3 Å². The van der Waals surface area contributed by atoms with E-state index in [1.54, 1.807) is 26.0 Å². The number of hydrogen-bond donors (Lipinski definition) is 4. The van der Waals surface area contributed by atoms with Crippen molar-refractivity contribution in [2.75, 3.05) is 17.6 Å². The van der Waals surface area contributed by atoms with Gasteiger partial charge in [-0.15, -0.1) is 0 Å². The molecule has 1 heterocycles. The van der Waals surface area contributed by atoms with E-state index in [9.17, 15) is 9.90 Å². The van der Waals surface area contributed by atoms with Gasteiger partial charge in [0.05, 0.1) is 34.2 Å². The van der Waals surface area contributed by atoms with Crippen LogP contribution in [0.25, 0.3) is 10.9 Å². The van der Waals surface area contributed by atoms with E-state index in [1.807, 2.05) is 0 Å². The third-order valence-electron chi connectivity index (χ3n) is 2.52. The molecule has 2 aromatic rings. The number of benzene rings is 1. The summed E-state index contributed by atoms with van der Waals surface area (Å²) < 4.78 is 0. The number of aromatic nitrogens is 2. The topological polar surface area (TPSA) is 104 Å². The fourth-order valence-electron chi connectivity index (χ4n) is 1.60. The molecule has 0 aliphatic rings. The Bertz CT molecular complexity index is 628. The van der Waals surface area contributed by atoms with Gasteiger partial charge in [0.15, 0.2) is 0 Å². The summed E-state index contributed by atoms with van der Waals surface area (Å²) >= 11 is 0. The summed E-state index contributed by atoms with van der Waals surface area (Å²) in [6, 6.07) is 3.28. The monoisotopic (exact) mass is 248 g/mol. The Hall–Kier alpha value is -2.08. The molecular formula is C12H16N4O2. The molecule has 0 amide bonds. The SMILES string of the molecule is CC(C)(O)CNc1cc2nc[nH]c(=O)c2cc1N. The second kappa shape index (κ2) is 4.30. The zero-order valence-electron chi connectivity index (χ0n) is 10.3. The molecule has 0 saturated carbocycles. The Balaban J connectivity index is 2.41. The summed E-state index contributed by atoms with van der Waals surface area (Å²) in [7, 11) is 0. The van der Waals surface area contributed by atoms with Gasteiger partial charge >= 0.3 is 0 Å². The number of nitrogens with zero attached hydrogens (tertiary/aromatic N) is 1. The molecule has 0 bridgehead atoms. The van der Waals surface area contributed by atoms with Gasteiger partial charge in [-0.25, -0.2) is 4.98 Å². The molecule has 6 heteroatoms. The highest BCUT2D eigenvalue weighted by molar-refractivity contribution is 5.88. The van der Waals surface area contributed by atoms with E-state index >= 15 is 0 Å². The van der Waals surface area contributed by atoms with Crippen molar-refractivity contribution in [2.24, 2.45) is 0 Å². The van der Waals surface area contributed by atoms with Crippen LogP contribution in [0.4, 0.5) is 11.4 Å². The van der Waals surface area contributed by atoms with Gasteiger partial charge in [0.25, 0.3) is 5.56 Å². The van der Waals surface area contributed by atoms with Crippen LogP contribution in [0.1, 0.15) is 13.8 Å². The molecule has 1 aromatic heterocycles. The van der Waals surface area contributed by atoms with Crippen LogP contribution < -0.4 is 16.6 Å². The zero-order chi connectivity index (χ0) is 13.3. The molecule has 0 atom stereocenters. The standard InChI is InChI=1S/C12H16N4O2/c1-12(2,18)5-14-10-4-9-7(3-8(10)13)11(17)16-6-15-9/h3-4,6,14,18H,5,13H2,1-2H3,(H,15,16,17). The average Bonchev–Trinajstić information content (AvgIpc) is 2.27. The van der Waals surface area contributed by atoms with Crippen LogP contribution in [0.2, 0.25) is 0 Å². The van der Waals surface area contributed by atoms with Crippen LogP contribution in [-0.4, -0.2) is 27.2 Å². The third-order valence-corrected chi connectivity index (χ3v) is 2.52. The second-order valence-electron chi connectivity index (χ2n) is 4.85. The van der Waals surface area contributed by atoms with Gasteiger partial charge in [-0.05, 0) is 26.0 Å². The van der Waals surface area contributed by atoms with E-state index in [2.05, 4.69) is 15.3 Å². The number of nitrogens with two attached hydrogens (primary N) is 1. The van der Waals surface area contributed by atoms with Crippen LogP contribution >= 0.6 is 0 Å². The van der Waals surface area contributed by atoms with E-state index in [0.29, 0.717) is 28.8 Å². The lowest BCUT2D eigenvalue weighted by atomic mass is 10.1. The molecule has 1 aromatic carbocycles. The van der Waals surface area contributed by atoms with E-state index < -0.39 is 5.60 Å². The fraction of sp³-hybridized carbons (Fsp3) is 0.333. The number of aliphatic hydroxyl groups is 1. The number of hydrogen-bond acceptors (Lipinski definition) is 5. The van der Waals surface area contributed by atoms with Gasteiger partial charge in [0.1, 0.15) is 0 Å². The maximum Gasteiger partial charge on any atom is 0.258 e. The predicted octanol–water partition coefficient (Wildman–Crippen LogP) is 0.688. The molecule has 96 valence electrons. The number of rotatable bonds is 3. The lowest BCUT2D eigenvalue weighted by Gasteiger charge is -2.19. The Labute approximate surface area is 104 Å². The van der Waals surface area contributed by atoms with Gasteiger partial charge in [0, 0.05) is 6.54 Å². The first kappa shape index (κ1) is 12.4. The summed E-state index contributed by atoms with van der Waals surface area (Å²) in [5, 5.41) is 13.1. The van der Waals surface area contributed by atoms with Gasteiger partial charge in [-0.1, -0.05) is 0 Å². The first-order chi connectivity index (χ1) is 8.37. The highest BCUT2D eigenvalue weighted by atomic mass is 16.3. The van der Waals surface area contributed by atoms with Crippen molar-refractivity contribution in [3.63, 3.8) is 0 Å². The van der Waals surface area contributed by atoms with Crippen molar-refractivity contribution in [1.29, 1.82) is 0 Å². The minimum absolute atomic E-state index is 0.222. The smallest absolute Gasteiger partial charge is 0.258 e. The number of nitrogens with one attached hydrogen (secondary N) is 2. The van der Waals surface area contributed by atoms with E-state index in [1.165, 1.54) is 6.33 Å². The summed E-state index contributed by atoms with van der Waals surface area (Å²) in [5.74, 6) is 0. The number of H-pyrrole nitrogens is 1. The van der Waals surface area contributed by atoms with Gasteiger partial charge in [-0.2, -0.15) is 0 Å². The van der Waals surface area contributed by atoms with Gasteiger partial charge < -0.3 is 21.1 Å². The molecule has 0 unspecified atom stereocenters. The van der Waals surface area contributed by atoms with E-state index in [4.69, 9.17) is 5.73 Å². The number of nitrogen functional groups attached to an aromatic ring is 1. The lowest BCUT2D eigenvalue weighted by Crippen LogP contribution is -2.29. The molecule has 0 saturated heterocycles. The first-order valence-corrected chi connectivity index (χ1v) is 5.60. The highest BCUT2D eigenvalue weighted by Crippen LogP contribution is 2.23. The Morgan fingerprint density at radius 3 is 2.89 bits per heavy atom. The van der Waals surface area contributed by atoms with Gasteiger partial charge in [-0.3, -0.25) is 4.79 Å². The minimum atomic E-state index is -0.844. The van der Waals surface area contributed by atoms with Crippen LogP contribution in [0.5, 0.6) is 0 Å². The lowest BCUT2D eigenvalue weighted by molar-refractivity contribution is 0.0945. The van der Waals surface area contributed by atoms with Crippen LogP contribution in [0.15, 0.2) is 23.3 Å². The molecule has 5 N–H and O–H groups in total. The van der Waals surface area contributed by atoms with Crippen LogP contribution in [0.3, 0.4) is 0 Å². The van der Waals surface area contributed by atoms with Crippen molar-refractivity contribution in [3.8, 4) is 0 Å².